The van der Waals surface area contributed by atoms with E-state index in [-0.39, 0.29) is 32.7 Å². The van der Waals surface area contributed by atoms with Crippen molar-refractivity contribution in [1.29, 1.82) is 5.26 Å². The zero-order valence-electron chi connectivity index (χ0n) is 26.0. The van der Waals surface area contributed by atoms with Crippen LogP contribution in [-0.2, 0) is 16.1 Å². The van der Waals surface area contributed by atoms with Gasteiger partial charge in [-0.05, 0) is 24.9 Å². The predicted molar refractivity (Wildman–Crippen MR) is 173 cm³/mol. The number of aromatic nitrogens is 3. The Hall–Kier alpha value is -3.69. The Bertz CT molecular complexity index is 1600. The fourth-order valence-corrected chi connectivity index (χ4v) is 5.39. The van der Waals surface area contributed by atoms with Crippen LogP contribution in [0, 0.1) is 16.7 Å². The van der Waals surface area contributed by atoms with E-state index in [0.29, 0.717) is 59.0 Å². The maximum Gasteiger partial charge on any atom is 0.260 e. The summed E-state index contributed by atoms with van der Waals surface area (Å²) in [6, 6.07) is 5.07. The number of nitrogens with one attached hydrogen (secondary N) is 1. The van der Waals surface area contributed by atoms with Gasteiger partial charge in [-0.1, -0.05) is 50.0 Å². The number of likely N-dealkylation sites (tertiary alicyclic amines) is 1. The number of ether oxygens (including phenoxy) is 3. The van der Waals surface area contributed by atoms with E-state index in [0.717, 1.165) is 19.5 Å². The van der Waals surface area contributed by atoms with Gasteiger partial charge in [-0.15, -0.1) is 0 Å². The number of carbonyl (C=O) groups excluding carboxylic acids is 1. The lowest BCUT2D eigenvalue weighted by molar-refractivity contribution is -0.104. The van der Waals surface area contributed by atoms with Crippen LogP contribution in [0.5, 0.6) is 11.5 Å². The van der Waals surface area contributed by atoms with Crippen molar-refractivity contribution in [1.82, 2.24) is 19.4 Å². The molecule has 4 rings (SSSR count). The van der Waals surface area contributed by atoms with E-state index >= 15 is 0 Å². The lowest BCUT2D eigenvalue weighted by atomic mass is 9.94. The molecule has 0 radical (unpaired) electrons. The number of aldehydes is 1. The van der Waals surface area contributed by atoms with Crippen molar-refractivity contribution in [2.45, 2.75) is 39.8 Å². The molecule has 3 heterocycles. The second-order valence-electron chi connectivity index (χ2n) is 11.3. The molecular formula is C31H38Cl2N6O5. The lowest BCUT2D eigenvalue weighted by Gasteiger charge is -2.18. The lowest BCUT2D eigenvalue weighted by Crippen LogP contribution is -2.27. The summed E-state index contributed by atoms with van der Waals surface area (Å²) in [4.78, 5) is 35.0. The highest BCUT2D eigenvalue weighted by molar-refractivity contribution is 6.41. The topological polar surface area (TPSA) is 132 Å². The van der Waals surface area contributed by atoms with E-state index in [1.54, 1.807) is 42.1 Å². The van der Waals surface area contributed by atoms with Crippen molar-refractivity contribution in [3.8, 4) is 28.7 Å². The molecule has 1 atom stereocenters. The van der Waals surface area contributed by atoms with Gasteiger partial charge in [0.25, 0.3) is 5.56 Å². The number of allylic oxidation sites excluding steroid dienone is 2. The van der Waals surface area contributed by atoms with Crippen molar-refractivity contribution >= 4 is 46.5 Å². The molecule has 0 amide bonds. The van der Waals surface area contributed by atoms with Crippen molar-refractivity contribution in [3.63, 3.8) is 0 Å². The molecule has 3 aromatic rings. The van der Waals surface area contributed by atoms with Crippen LogP contribution in [0.4, 0.5) is 5.95 Å². The Kier molecular flexibility index (Phi) is 12.1. The van der Waals surface area contributed by atoms with Crippen LogP contribution in [0.15, 0.2) is 34.8 Å². The smallest absolute Gasteiger partial charge is 0.260 e. The van der Waals surface area contributed by atoms with E-state index in [4.69, 9.17) is 42.7 Å². The van der Waals surface area contributed by atoms with Gasteiger partial charge >= 0.3 is 0 Å². The van der Waals surface area contributed by atoms with Gasteiger partial charge in [0.05, 0.1) is 54.7 Å². The van der Waals surface area contributed by atoms with Gasteiger partial charge in [0.15, 0.2) is 6.29 Å². The Morgan fingerprint density at radius 3 is 2.34 bits per heavy atom. The maximum atomic E-state index is 13.8. The fraction of sp³-hybridized carbons (Fsp3) is 0.452. The van der Waals surface area contributed by atoms with Gasteiger partial charge in [-0.2, -0.15) is 10.2 Å². The Labute approximate surface area is 267 Å². The van der Waals surface area contributed by atoms with Crippen molar-refractivity contribution in [3.05, 3.63) is 50.4 Å². The van der Waals surface area contributed by atoms with Gasteiger partial charge in [-0.25, -0.2) is 4.98 Å². The fourth-order valence-electron chi connectivity index (χ4n) is 4.69. The first kappa shape index (κ1) is 34.8. The summed E-state index contributed by atoms with van der Waals surface area (Å²) in [6.07, 6.45) is 4.99. The number of halogens is 2. The highest BCUT2D eigenvalue weighted by Crippen LogP contribution is 2.45. The normalized spacial score (nSPS) is 15.4. The maximum absolute atomic E-state index is 13.8. The number of anilines is 1. The average molecular weight is 646 g/mol. The minimum Gasteiger partial charge on any atom is -0.495 e. The number of hydrogen-bond acceptors (Lipinski definition) is 10. The molecule has 1 unspecified atom stereocenters. The molecule has 11 nitrogen and oxygen atoms in total. The number of fused-ring (bicyclic) bond motifs is 1. The number of likely N-dealkylation sites (N-methyl/N-ethyl adjacent to an activating group) is 1. The van der Waals surface area contributed by atoms with Crippen molar-refractivity contribution in [2.75, 3.05) is 53.3 Å². The summed E-state index contributed by atoms with van der Waals surface area (Å²) in [5.74, 6) is 1.10. The summed E-state index contributed by atoms with van der Waals surface area (Å²) < 4.78 is 18.4. The van der Waals surface area contributed by atoms with E-state index in [1.165, 1.54) is 14.2 Å². The zero-order valence-corrected chi connectivity index (χ0v) is 27.5. The van der Waals surface area contributed by atoms with Crippen LogP contribution in [0.25, 0.3) is 22.2 Å². The number of rotatable bonds is 9. The Balaban J connectivity index is 0.000000456. The van der Waals surface area contributed by atoms with Gasteiger partial charge in [0.2, 0.25) is 5.95 Å². The molecule has 13 heteroatoms. The molecule has 1 saturated heterocycles. The van der Waals surface area contributed by atoms with Crippen LogP contribution in [0.2, 0.25) is 10.0 Å². The second kappa shape index (κ2) is 15.3. The number of hydrogen-bond donors (Lipinski definition) is 1. The molecule has 1 aromatic carbocycles. The molecule has 0 spiro atoms. The highest BCUT2D eigenvalue weighted by atomic mass is 35.5. The highest BCUT2D eigenvalue weighted by Gasteiger charge is 2.24. The average Bonchev–Trinajstić information content (AvgIpc) is 3.41. The third kappa shape index (κ3) is 8.48. The molecule has 1 fully saturated rings. The third-order valence-electron chi connectivity index (χ3n) is 6.75. The third-order valence-corrected chi connectivity index (χ3v) is 7.51. The van der Waals surface area contributed by atoms with E-state index in [9.17, 15) is 9.59 Å². The second-order valence-corrected chi connectivity index (χ2v) is 12.0. The van der Waals surface area contributed by atoms with Gasteiger partial charge in [0, 0.05) is 43.4 Å². The molecule has 44 heavy (non-hydrogen) atoms. The van der Waals surface area contributed by atoms with Gasteiger partial charge in [0.1, 0.15) is 23.2 Å². The molecule has 1 N–H and O–H groups in total. The number of carbonyl (C=O) groups is 1. The molecule has 1 aliphatic rings. The van der Waals surface area contributed by atoms with Gasteiger partial charge in [-0.3, -0.25) is 14.2 Å². The van der Waals surface area contributed by atoms with Crippen LogP contribution in [-0.4, -0.2) is 79.8 Å². The standard InChI is InChI=1S/C23H27Cl2N5O4.C8H11NO/c1-26-23-27-11-13-9-15(18-19(24)16(32-3)10-17(33-4)20(18)25)22(31)30(21(13)28-23)7-8-34-14-5-6-29(2)12-14;1-8(2,3)4-7(5-9)6-10/h9-11,14H,5-8,12H2,1-4H3,(H,26,27,28);4,6H,1-3H3/b;7-4+. The summed E-state index contributed by atoms with van der Waals surface area (Å²) in [7, 11) is 6.76. The Morgan fingerprint density at radius 1 is 1.20 bits per heavy atom. The summed E-state index contributed by atoms with van der Waals surface area (Å²) in [6.45, 7) is 8.35. The van der Waals surface area contributed by atoms with E-state index < -0.39 is 0 Å². The number of methoxy groups -OCH3 is 2. The van der Waals surface area contributed by atoms with Crippen LogP contribution < -0.4 is 20.3 Å². The number of nitriles is 1. The largest absolute Gasteiger partial charge is 0.495 e. The minimum atomic E-state index is -0.306. The molecule has 0 aliphatic carbocycles. The van der Waals surface area contributed by atoms with E-state index in [1.807, 2.05) is 20.8 Å². The van der Waals surface area contributed by atoms with Crippen molar-refractivity contribution in [2.24, 2.45) is 5.41 Å². The molecule has 0 saturated carbocycles. The molecular weight excluding hydrogens is 607 g/mol. The first-order valence-corrected chi connectivity index (χ1v) is 14.7. The van der Waals surface area contributed by atoms with Gasteiger partial charge < -0.3 is 24.4 Å². The van der Waals surface area contributed by atoms with Crippen LogP contribution in [0.1, 0.15) is 27.2 Å². The monoisotopic (exact) mass is 644 g/mol. The predicted octanol–water partition coefficient (Wildman–Crippen LogP) is 5.23. The molecule has 236 valence electrons. The quantitative estimate of drug-likeness (QED) is 0.188. The van der Waals surface area contributed by atoms with E-state index in [2.05, 4.69) is 27.2 Å². The summed E-state index contributed by atoms with van der Waals surface area (Å²) in [5, 5.41) is 12.3. The first-order chi connectivity index (χ1) is 20.9. The molecule has 1 aliphatic heterocycles. The number of pyridine rings is 1. The van der Waals surface area contributed by atoms with Crippen LogP contribution in [0.3, 0.4) is 0 Å². The van der Waals surface area contributed by atoms with Crippen LogP contribution >= 0.6 is 23.2 Å². The number of nitrogens with zero attached hydrogens (tertiary/aromatic N) is 5. The molecule has 2 aromatic heterocycles. The number of benzene rings is 1. The van der Waals surface area contributed by atoms with Crippen molar-refractivity contribution < 1.29 is 19.0 Å². The zero-order chi connectivity index (χ0) is 32.6. The first-order valence-electron chi connectivity index (χ1n) is 13.9. The molecule has 0 bridgehead atoms. The summed E-state index contributed by atoms with van der Waals surface area (Å²) in [5.41, 5.74) is 0.915. The SMILES string of the molecule is CC(C)(C)/C=C(\C#N)C=O.CNc1ncc2cc(-c3c(Cl)c(OC)cc(OC)c3Cl)c(=O)n(CCOC3CCN(C)C3)c2n1. The summed E-state index contributed by atoms with van der Waals surface area (Å²) >= 11 is 13.2. The minimum absolute atomic E-state index is 0.0913. The Morgan fingerprint density at radius 2 is 1.86 bits per heavy atom.